The van der Waals surface area contributed by atoms with E-state index >= 15 is 0 Å². The summed E-state index contributed by atoms with van der Waals surface area (Å²) in [6.45, 7) is 2.20. The molecule has 1 fully saturated rings. The predicted molar refractivity (Wildman–Crippen MR) is 79.7 cm³/mol. The molecule has 0 radical (unpaired) electrons. The minimum absolute atomic E-state index is 0.196. The first kappa shape index (κ1) is 16.4. The Labute approximate surface area is 126 Å². The van der Waals surface area contributed by atoms with E-state index in [1.165, 1.54) is 6.33 Å². The smallest absolute Gasteiger partial charge is 0.150 e. The van der Waals surface area contributed by atoms with Crippen LogP contribution in [0.5, 0.6) is 0 Å². The van der Waals surface area contributed by atoms with Gasteiger partial charge < -0.3 is 10.1 Å². The van der Waals surface area contributed by atoms with Gasteiger partial charge in [-0.15, -0.1) is 0 Å². The Balaban J connectivity index is 1.98. The van der Waals surface area contributed by atoms with Crippen LogP contribution in [-0.2, 0) is 28.0 Å². The van der Waals surface area contributed by atoms with Crippen LogP contribution in [0, 0.1) is 11.8 Å². The summed E-state index contributed by atoms with van der Waals surface area (Å²) in [5.74, 6) is 1.95. The van der Waals surface area contributed by atoms with E-state index in [0.29, 0.717) is 18.1 Å². The van der Waals surface area contributed by atoms with Crippen molar-refractivity contribution in [3.05, 3.63) is 12.2 Å². The lowest BCUT2D eigenvalue weighted by atomic mass is 9.88. The van der Waals surface area contributed by atoms with Crippen molar-refractivity contribution in [2.45, 2.75) is 12.8 Å². The molecule has 0 aromatic carbocycles. The van der Waals surface area contributed by atoms with Crippen molar-refractivity contribution in [3.8, 4) is 0 Å². The van der Waals surface area contributed by atoms with E-state index < -0.39 is 9.84 Å². The standard InChI is InChI=1S/C13H24N4O3S/c1-17-13(15-10-16-17)7-12(8-14-4-5-20-2)11-3-6-21(18,19)9-11/h10-12,14H,3-9H2,1-2H3. The summed E-state index contributed by atoms with van der Waals surface area (Å²) in [5.41, 5.74) is 0. The van der Waals surface area contributed by atoms with E-state index in [9.17, 15) is 8.42 Å². The first-order valence-electron chi connectivity index (χ1n) is 7.25. The summed E-state index contributed by atoms with van der Waals surface area (Å²) in [7, 11) is 0.673. The zero-order valence-corrected chi connectivity index (χ0v) is 13.5. The molecule has 2 atom stereocenters. The van der Waals surface area contributed by atoms with Crippen LogP contribution >= 0.6 is 0 Å². The second-order valence-corrected chi connectivity index (χ2v) is 7.85. The molecule has 0 bridgehead atoms. The topological polar surface area (TPSA) is 86.1 Å². The number of nitrogens with zero attached hydrogens (tertiary/aromatic N) is 3. The van der Waals surface area contributed by atoms with Crippen LogP contribution in [0.1, 0.15) is 12.2 Å². The fourth-order valence-electron chi connectivity index (χ4n) is 2.80. The highest BCUT2D eigenvalue weighted by Crippen LogP contribution is 2.27. The number of aromatic nitrogens is 3. The van der Waals surface area contributed by atoms with Gasteiger partial charge >= 0.3 is 0 Å². The largest absolute Gasteiger partial charge is 0.383 e. The molecule has 8 heteroatoms. The van der Waals surface area contributed by atoms with Crippen molar-refractivity contribution in [2.24, 2.45) is 18.9 Å². The molecule has 1 aromatic rings. The van der Waals surface area contributed by atoms with Crippen molar-refractivity contribution < 1.29 is 13.2 Å². The highest BCUT2D eigenvalue weighted by Gasteiger charge is 2.34. The Kier molecular flexibility index (Phi) is 5.72. The summed E-state index contributed by atoms with van der Waals surface area (Å²) in [6.07, 6.45) is 3.03. The second-order valence-electron chi connectivity index (χ2n) is 5.62. The van der Waals surface area contributed by atoms with Crippen molar-refractivity contribution in [1.29, 1.82) is 0 Å². The van der Waals surface area contributed by atoms with Crippen molar-refractivity contribution in [1.82, 2.24) is 20.1 Å². The molecule has 0 saturated carbocycles. The molecule has 1 aliphatic rings. The number of methoxy groups -OCH3 is 1. The molecule has 1 N–H and O–H groups in total. The van der Waals surface area contributed by atoms with Gasteiger partial charge in [-0.1, -0.05) is 0 Å². The third-order valence-electron chi connectivity index (χ3n) is 4.07. The molecule has 0 spiro atoms. The number of rotatable bonds is 8. The Hall–Kier alpha value is -0.990. The first-order chi connectivity index (χ1) is 10.0. The summed E-state index contributed by atoms with van der Waals surface area (Å²) in [5, 5.41) is 7.43. The number of hydrogen-bond donors (Lipinski definition) is 1. The number of ether oxygens (including phenoxy) is 1. The summed E-state index contributed by atoms with van der Waals surface area (Å²) < 4.78 is 30.2. The summed E-state index contributed by atoms with van der Waals surface area (Å²) in [6, 6.07) is 0. The van der Waals surface area contributed by atoms with Gasteiger partial charge in [0.25, 0.3) is 0 Å². The molecule has 2 rings (SSSR count). The maximum absolute atomic E-state index is 11.7. The molecule has 1 aliphatic heterocycles. The molecular weight excluding hydrogens is 292 g/mol. The molecule has 1 saturated heterocycles. The van der Waals surface area contributed by atoms with Crippen LogP contribution in [0.2, 0.25) is 0 Å². The number of nitrogens with one attached hydrogen (secondary N) is 1. The Bertz CT molecular complexity index is 543. The molecule has 2 unspecified atom stereocenters. The average molecular weight is 316 g/mol. The van der Waals surface area contributed by atoms with Gasteiger partial charge in [0.15, 0.2) is 9.84 Å². The molecule has 0 aliphatic carbocycles. The predicted octanol–water partition coefficient (Wildman–Crippen LogP) is -0.355. The van der Waals surface area contributed by atoms with Crippen molar-refractivity contribution >= 4 is 9.84 Å². The van der Waals surface area contributed by atoms with E-state index in [4.69, 9.17) is 4.74 Å². The lowest BCUT2D eigenvalue weighted by molar-refractivity contribution is 0.195. The van der Waals surface area contributed by atoms with Crippen molar-refractivity contribution in [2.75, 3.05) is 38.3 Å². The molecule has 2 heterocycles. The number of sulfone groups is 1. The van der Waals surface area contributed by atoms with E-state index in [-0.39, 0.29) is 11.8 Å². The lowest BCUT2D eigenvalue weighted by Gasteiger charge is -2.22. The van der Waals surface area contributed by atoms with Crippen molar-refractivity contribution in [3.63, 3.8) is 0 Å². The first-order valence-corrected chi connectivity index (χ1v) is 9.07. The van der Waals surface area contributed by atoms with Gasteiger partial charge in [0.1, 0.15) is 12.2 Å². The summed E-state index contributed by atoms with van der Waals surface area (Å²) in [4.78, 5) is 4.26. The van der Waals surface area contributed by atoms with E-state index in [1.807, 2.05) is 7.05 Å². The zero-order chi connectivity index (χ0) is 15.3. The summed E-state index contributed by atoms with van der Waals surface area (Å²) >= 11 is 0. The highest BCUT2D eigenvalue weighted by atomic mass is 32.2. The Morgan fingerprint density at radius 3 is 2.95 bits per heavy atom. The van der Waals surface area contributed by atoms with E-state index in [1.54, 1.807) is 11.8 Å². The molecule has 120 valence electrons. The van der Waals surface area contributed by atoms with Crippen LogP contribution in [0.3, 0.4) is 0 Å². The zero-order valence-electron chi connectivity index (χ0n) is 12.7. The van der Waals surface area contributed by atoms with Gasteiger partial charge in [0, 0.05) is 27.1 Å². The SMILES string of the molecule is COCCNCC(Cc1ncnn1C)C1CCS(=O)(=O)C1. The Morgan fingerprint density at radius 2 is 2.38 bits per heavy atom. The van der Waals surface area contributed by atoms with Gasteiger partial charge in [-0.2, -0.15) is 5.10 Å². The van der Waals surface area contributed by atoms with Gasteiger partial charge in [-0.25, -0.2) is 13.4 Å². The van der Waals surface area contributed by atoms with Crippen LogP contribution < -0.4 is 5.32 Å². The van der Waals surface area contributed by atoms with E-state index in [0.717, 1.165) is 31.8 Å². The highest BCUT2D eigenvalue weighted by molar-refractivity contribution is 7.91. The maximum atomic E-state index is 11.7. The quantitative estimate of drug-likeness (QED) is 0.660. The Morgan fingerprint density at radius 1 is 1.57 bits per heavy atom. The molecule has 7 nitrogen and oxygen atoms in total. The van der Waals surface area contributed by atoms with Crippen LogP contribution in [-0.4, -0.2) is 61.5 Å². The molecular formula is C13H24N4O3S. The van der Waals surface area contributed by atoms with Gasteiger partial charge in [-0.3, -0.25) is 4.68 Å². The second kappa shape index (κ2) is 7.33. The van der Waals surface area contributed by atoms with Crippen LogP contribution in [0.4, 0.5) is 0 Å². The fourth-order valence-corrected chi connectivity index (χ4v) is 4.72. The van der Waals surface area contributed by atoms with Gasteiger partial charge in [0.2, 0.25) is 0 Å². The fraction of sp³-hybridized carbons (Fsp3) is 0.846. The molecule has 21 heavy (non-hydrogen) atoms. The van der Waals surface area contributed by atoms with Gasteiger partial charge in [0.05, 0.1) is 18.1 Å². The third kappa shape index (κ3) is 4.76. The number of hydrogen-bond acceptors (Lipinski definition) is 6. The van der Waals surface area contributed by atoms with E-state index in [2.05, 4.69) is 15.4 Å². The average Bonchev–Trinajstić information content (AvgIpc) is 2.99. The lowest BCUT2D eigenvalue weighted by Crippen LogP contribution is -2.33. The molecule has 0 amide bonds. The third-order valence-corrected chi connectivity index (χ3v) is 5.87. The number of aryl methyl sites for hydroxylation is 1. The normalized spacial score (nSPS) is 22.5. The van der Waals surface area contributed by atoms with Gasteiger partial charge in [-0.05, 0) is 24.8 Å². The van der Waals surface area contributed by atoms with Crippen LogP contribution in [0.25, 0.3) is 0 Å². The minimum Gasteiger partial charge on any atom is -0.383 e. The van der Waals surface area contributed by atoms with Crippen LogP contribution in [0.15, 0.2) is 6.33 Å². The maximum Gasteiger partial charge on any atom is 0.150 e. The molecule has 1 aromatic heterocycles. The monoisotopic (exact) mass is 316 g/mol. The minimum atomic E-state index is -2.86.